The monoisotopic (exact) mass is 664 g/mol. The van der Waals surface area contributed by atoms with E-state index < -0.39 is 0 Å². The molecule has 0 radical (unpaired) electrons. The van der Waals surface area contributed by atoms with Crippen molar-refractivity contribution in [2.45, 2.75) is 0 Å². The van der Waals surface area contributed by atoms with Crippen molar-refractivity contribution in [1.82, 2.24) is 9.13 Å². The molecule has 0 N–H and O–H groups in total. The summed E-state index contributed by atoms with van der Waals surface area (Å²) >= 11 is 0. The number of aromatic nitrogens is 2. The molecule has 4 aromatic heterocycles. The Morgan fingerprint density at radius 3 is 1.37 bits per heavy atom. The maximum Gasteiger partial charge on any atom is 0.139 e. The van der Waals surface area contributed by atoms with Crippen LogP contribution in [0.25, 0.3) is 110 Å². The number of fused-ring (bicyclic) bond motifs is 12. The molecule has 52 heavy (non-hydrogen) atoms. The fraction of sp³-hybridized carbons (Fsp3) is 0. The smallest absolute Gasteiger partial charge is 0.139 e. The van der Waals surface area contributed by atoms with Crippen LogP contribution in [0.5, 0.6) is 0 Å². The molecule has 0 aliphatic carbocycles. The van der Waals surface area contributed by atoms with Gasteiger partial charge in [-0.25, -0.2) is 0 Å². The Labute approximate surface area is 296 Å². The normalized spacial score (nSPS) is 12.2. The molecule has 242 valence electrons. The van der Waals surface area contributed by atoms with Crippen LogP contribution in [0.2, 0.25) is 0 Å². The standard InChI is InChI=1S/C48H28N2O2/c1-2-12-29(13-3-1)35-27-46-39(26-44(35)50-42-20-10-6-16-33(42)34-17-7-11-21-43(34)50)38-25-37-36-24-30(22-23-45(36)51-47(37)28-48(38)52-46)49-40-18-8-4-14-31(40)32-15-5-9-19-41(32)49/h1-28H. The van der Waals surface area contributed by atoms with Crippen LogP contribution in [0.15, 0.2) is 179 Å². The maximum absolute atomic E-state index is 6.67. The third-order valence-corrected chi connectivity index (χ3v) is 10.9. The molecule has 0 aliphatic heterocycles. The first-order chi connectivity index (χ1) is 25.8. The van der Waals surface area contributed by atoms with E-state index in [0.717, 1.165) is 66.4 Å². The van der Waals surface area contributed by atoms with E-state index in [9.17, 15) is 0 Å². The molecule has 4 heteroatoms. The van der Waals surface area contributed by atoms with Crippen LogP contribution in [-0.2, 0) is 0 Å². The number of benzene rings is 8. The Morgan fingerprint density at radius 1 is 0.308 bits per heavy atom. The van der Waals surface area contributed by atoms with Crippen molar-refractivity contribution in [2.24, 2.45) is 0 Å². The minimum atomic E-state index is 0.808. The fourth-order valence-corrected chi connectivity index (χ4v) is 8.62. The zero-order valence-corrected chi connectivity index (χ0v) is 27.9. The third-order valence-electron chi connectivity index (χ3n) is 10.9. The van der Waals surface area contributed by atoms with E-state index in [2.05, 4.69) is 179 Å². The van der Waals surface area contributed by atoms with E-state index in [0.29, 0.717) is 0 Å². The van der Waals surface area contributed by atoms with Crippen molar-refractivity contribution in [1.29, 1.82) is 0 Å². The molecule has 4 heterocycles. The van der Waals surface area contributed by atoms with Crippen LogP contribution in [0.4, 0.5) is 0 Å². The fourth-order valence-electron chi connectivity index (χ4n) is 8.62. The number of para-hydroxylation sites is 4. The number of furan rings is 2. The Balaban J connectivity index is 1.14. The van der Waals surface area contributed by atoms with E-state index in [4.69, 9.17) is 8.83 Å². The number of rotatable bonds is 3. The van der Waals surface area contributed by atoms with E-state index in [-0.39, 0.29) is 0 Å². The third kappa shape index (κ3) is 3.75. The van der Waals surface area contributed by atoms with Crippen molar-refractivity contribution in [3.05, 3.63) is 170 Å². The predicted molar refractivity (Wildman–Crippen MR) is 215 cm³/mol. The second-order valence-corrected chi connectivity index (χ2v) is 13.7. The summed E-state index contributed by atoms with van der Waals surface area (Å²) in [5.74, 6) is 0. The topological polar surface area (TPSA) is 36.1 Å². The van der Waals surface area contributed by atoms with Gasteiger partial charge in [0.1, 0.15) is 22.3 Å². The second-order valence-electron chi connectivity index (χ2n) is 13.7. The van der Waals surface area contributed by atoms with Crippen LogP contribution in [0, 0.1) is 0 Å². The molecule has 8 aromatic carbocycles. The highest BCUT2D eigenvalue weighted by Gasteiger charge is 2.21. The summed E-state index contributed by atoms with van der Waals surface area (Å²) in [4.78, 5) is 0. The average molecular weight is 665 g/mol. The van der Waals surface area contributed by atoms with Gasteiger partial charge in [0.15, 0.2) is 0 Å². The lowest BCUT2D eigenvalue weighted by Gasteiger charge is -2.14. The van der Waals surface area contributed by atoms with Gasteiger partial charge in [0.2, 0.25) is 0 Å². The van der Waals surface area contributed by atoms with Crippen molar-refractivity contribution in [2.75, 3.05) is 0 Å². The molecule has 0 aliphatic rings. The highest BCUT2D eigenvalue weighted by molar-refractivity contribution is 6.17. The Bertz CT molecular complexity index is 3300. The average Bonchev–Trinajstić information content (AvgIpc) is 3.94. The van der Waals surface area contributed by atoms with Gasteiger partial charge in [-0.1, -0.05) is 103 Å². The molecule has 12 aromatic rings. The van der Waals surface area contributed by atoms with Gasteiger partial charge in [0, 0.05) is 60.4 Å². The Kier molecular flexibility index (Phi) is 5.47. The van der Waals surface area contributed by atoms with Gasteiger partial charge in [0.25, 0.3) is 0 Å². The molecular formula is C48H28N2O2. The summed E-state index contributed by atoms with van der Waals surface area (Å²) in [6.07, 6.45) is 0. The van der Waals surface area contributed by atoms with Gasteiger partial charge in [-0.3, -0.25) is 0 Å². The highest BCUT2D eigenvalue weighted by Crippen LogP contribution is 2.43. The lowest BCUT2D eigenvalue weighted by molar-refractivity contribution is 0.656. The minimum absolute atomic E-state index is 0.808. The zero-order chi connectivity index (χ0) is 33.9. The summed E-state index contributed by atoms with van der Waals surface area (Å²) < 4.78 is 17.9. The van der Waals surface area contributed by atoms with Crippen molar-refractivity contribution < 1.29 is 8.83 Å². The van der Waals surface area contributed by atoms with Crippen LogP contribution >= 0.6 is 0 Å². The quantitative estimate of drug-likeness (QED) is 0.188. The van der Waals surface area contributed by atoms with Gasteiger partial charge >= 0.3 is 0 Å². The zero-order valence-electron chi connectivity index (χ0n) is 27.9. The summed E-state index contributed by atoms with van der Waals surface area (Å²) in [6.45, 7) is 0. The first kappa shape index (κ1) is 27.7. The van der Waals surface area contributed by atoms with Crippen molar-refractivity contribution in [3.63, 3.8) is 0 Å². The molecule has 0 atom stereocenters. The molecule has 0 unspecified atom stereocenters. The first-order valence-corrected chi connectivity index (χ1v) is 17.7. The molecular weight excluding hydrogens is 637 g/mol. The molecule has 4 nitrogen and oxygen atoms in total. The van der Waals surface area contributed by atoms with Crippen LogP contribution in [-0.4, -0.2) is 9.13 Å². The molecule has 0 bridgehead atoms. The van der Waals surface area contributed by atoms with E-state index in [1.54, 1.807) is 0 Å². The lowest BCUT2D eigenvalue weighted by Crippen LogP contribution is -1.97. The Morgan fingerprint density at radius 2 is 0.769 bits per heavy atom. The van der Waals surface area contributed by atoms with Gasteiger partial charge in [-0.15, -0.1) is 0 Å². The van der Waals surface area contributed by atoms with Crippen LogP contribution < -0.4 is 0 Å². The molecule has 0 fully saturated rings. The van der Waals surface area contributed by atoms with Gasteiger partial charge < -0.3 is 18.0 Å². The molecule has 12 rings (SSSR count). The molecule has 0 saturated heterocycles. The summed E-state index contributed by atoms with van der Waals surface area (Å²) in [5, 5.41) is 9.24. The van der Waals surface area contributed by atoms with Crippen molar-refractivity contribution >= 4 is 87.5 Å². The SMILES string of the molecule is c1ccc(-c2cc3oc4cc5oc6ccc(-n7c8ccccc8c8ccccc87)cc6c5cc4c3cc2-n2c3ccccc3c3ccccc32)cc1. The number of nitrogens with zero attached hydrogens (tertiary/aromatic N) is 2. The second kappa shape index (κ2) is 10.3. The summed E-state index contributed by atoms with van der Waals surface area (Å²) in [5.41, 5.74) is 12.5. The molecule has 0 spiro atoms. The highest BCUT2D eigenvalue weighted by atomic mass is 16.3. The van der Waals surface area contributed by atoms with E-state index in [1.165, 1.54) is 43.6 Å². The largest absolute Gasteiger partial charge is 0.456 e. The van der Waals surface area contributed by atoms with Gasteiger partial charge in [0.05, 0.1) is 27.8 Å². The summed E-state index contributed by atoms with van der Waals surface area (Å²) in [6, 6.07) is 60.6. The van der Waals surface area contributed by atoms with Crippen LogP contribution in [0.3, 0.4) is 0 Å². The summed E-state index contributed by atoms with van der Waals surface area (Å²) in [7, 11) is 0. The maximum atomic E-state index is 6.67. The lowest BCUT2D eigenvalue weighted by atomic mass is 10.00. The predicted octanol–water partition coefficient (Wildman–Crippen LogP) is 13.3. The number of hydrogen-bond donors (Lipinski definition) is 0. The van der Waals surface area contributed by atoms with Crippen molar-refractivity contribution in [3.8, 4) is 22.5 Å². The molecule has 0 amide bonds. The Hall–Kier alpha value is -7.04. The number of hydrogen-bond acceptors (Lipinski definition) is 2. The van der Waals surface area contributed by atoms with E-state index >= 15 is 0 Å². The minimum Gasteiger partial charge on any atom is -0.456 e. The molecule has 0 saturated carbocycles. The van der Waals surface area contributed by atoms with Gasteiger partial charge in [-0.05, 0) is 66.2 Å². The van der Waals surface area contributed by atoms with Gasteiger partial charge in [-0.2, -0.15) is 0 Å². The van der Waals surface area contributed by atoms with E-state index in [1.807, 2.05) is 0 Å². The van der Waals surface area contributed by atoms with Crippen LogP contribution in [0.1, 0.15) is 0 Å². The first-order valence-electron chi connectivity index (χ1n) is 17.7.